The minimum atomic E-state index is -3.88. The van der Waals surface area contributed by atoms with Crippen molar-refractivity contribution >= 4 is 43.2 Å². The zero-order valence-electron chi connectivity index (χ0n) is 17.0. The number of nitrogens with one attached hydrogen (secondary N) is 2. The van der Waals surface area contributed by atoms with Gasteiger partial charge in [0, 0.05) is 30.4 Å². The van der Waals surface area contributed by atoms with Crippen LogP contribution < -0.4 is 10.0 Å². The SMILES string of the molecule is O=C(Nc1ccc(S(=O)(=O)NC2CC2)cc1)c1ccc(Cl)c(S(=O)(=O)N2CCOCC2)c1. The molecule has 0 aromatic heterocycles. The minimum Gasteiger partial charge on any atom is -0.379 e. The summed E-state index contributed by atoms with van der Waals surface area (Å²) in [6, 6.07) is 9.76. The van der Waals surface area contributed by atoms with Gasteiger partial charge in [-0.15, -0.1) is 0 Å². The van der Waals surface area contributed by atoms with Crippen molar-refractivity contribution in [3.8, 4) is 0 Å². The normalized spacial score (nSPS) is 17.8. The van der Waals surface area contributed by atoms with Crippen molar-refractivity contribution in [2.24, 2.45) is 0 Å². The van der Waals surface area contributed by atoms with E-state index in [1.165, 1.54) is 46.8 Å². The molecular formula is C20H22ClN3O6S2. The van der Waals surface area contributed by atoms with Gasteiger partial charge in [0.1, 0.15) is 4.90 Å². The molecule has 1 saturated carbocycles. The maximum atomic E-state index is 12.9. The number of hydrogen-bond acceptors (Lipinski definition) is 6. The third-order valence-electron chi connectivity index (χ3n) is 5.10. The van der Waals surface area contributed by atoms with Crippen molar-refractivity contribution in [1.82, 2.24) is 9.03 Å². The van der Waals surface area contributed by atoms with Crippen LogP contribution in [-0.2, 0) is 24.8 Å². The van der Waals surface area contributed by atoms with Crippen LogP contribution in [0.15, 0.2) is 52.3 Å². The number of sulfonamides is 2. The number of nitrogens with zero attached hydrogens (tertiary/aromatic N) is 1. The Morgan fingerprint density at radius 2 is 1.66 bits per heavy atom. The van der Waals surface area contributed by atoms with E-state index in [0.29, 0.717) is 18.9 Å². The van der Waals surface area contributed by atoms with E-state index in [9.17, 15) is 21.6 Å². The summed E-state index contributed by atoms with van der Waals surface area (Å²) in [5.74, 6) is -0.549. The summed E-state index contributed by atoms with van der Waals surface area (Å²) in [6.07, 6.45) is 1.66. The summed E-state index contributed by atoms with van der Waals surface area (Å²) in [6.45, 7) is 0.998. The monoisotopic (exact) mass is 499 g/mol. The summed E-state index contributed by atoms with van der Waals surface area (Å²) in [7, 11) is -7.47. The van der Waals surface area contributed by atoms with Crippen molar-refractivity contribution in [3.05, 3.63) is 53.1 Å². The number of carbonyl (C=O) groups is 1. The minimum absolute atomic E-state index is 0.00720. The molecule has 0 unspecified atom stereocenters. The maximum absolute atomic E-state index is 12.9. The van der Waals surface area contributed by atoms with Crippen LogP contribution in [0.2, 0.25) is 5.02 Å². The quantitative estimate of drug-likeness (QED) is 0.601. The van der Waals surface area contributed by atoms with Crippen molar-refractivity contribution in [1.29, 1.82) is 0 Å². The van der Waals surface area contributed by atoms with Gasteiger partial charge in [0.2, 0.25) is 20.0 Å². The van der Waals surface area contributed by atoms with Gasteiger partial charge >= 0.3 is 0 Å². The van der Waals surface area contributed by atoms with Crippen molar-refractivity contribution < 1.29 is 26.4 Å². The Bertz CT molecular complexity index is 1220. The van der Waals surface area contributed by atoms with Gasteiger partial charge in [0.25, 0.3) is 5.91 Å². The number of ether oxygens (including phenoxy) is 1. The van der Waals surface area contributed by atoms with Crippen molar-refractivity contribution in [2.45, 2.75) is 28.7 Å². The predicted octanol–water partition coefficient (Wildman–Crippen LogP) is 2.05. The third-order valence-corrected chi connectivity index (χ3v) is 9.02. The maximum Gasteiger partial charge on any atom is 0.255 e. The first-order valence-electron chi connectivity index (χ1n) is 9.98. The number of anilines is 1. The molecule has 0 spiro atoms. The molecule has 12 heteroatoms. The van der Waals surface area contributed by atoms with E-state index < -0.39 is 26.0 Å². The molecule has 1 heterocycles. The molecule has 1 aliphatic carbocycles. The Morgan fingerprint density at radius 3 is 2.28 bits per heavy atom. The van der Waals surface area contributed by atoms with Crippen LogP contribution >= 0.6 is 11.6 Å². The standard InChI is InChI=1S/C20H22ClN3O6S2/c21-18-8-1-14(13-19(18)32(28,29)24-9-11-30-12-10-24)20(25)22-15-4-6-17(7-5-15)31(26,27)23-16-2-3-16/h1,4-8,13,16,23H,2-3,9-12H2,(H,22,25). The van der Waals surface area contributed by atoms with Crippen LogP contribution in [0.1, 0.15) is 23.2 Å². The first kappa shape index (κ1) is 23.1. The first-order valence-corrected chi connectivity index (χ1v) is 13.3. The number of carbonyl (C=O) groups excluding carboxylic acids is 1. The molecule has 2 N–H and O–H groups in total. The molecule has 4 rings (SSSR count). The largest absolute Gasteiger partial charge is 0.379 e. The van der Waals surface area contributed by atoms with Crippen molar-refractivity contribution in [2.75, 3.05) is 31.6 Å². The van der Waals surface area contributed by atoms with Gasteiger partial charge in [0.05, 0.1) is 23.1 Å². The predicted molar refractivity (Wildman–Crippen MR) is 119 cm³/mol. The third kappa shape index (κ3) is 5.13. The fourth-order valence-corrected chi connectivity index (χ4v) is 6.39. The van der Waals surface area contributed by atoms with E-state index in [1.807, 2.05) is 0 Å². The number of amides is 1. The number of rotatable bonds is 7. The lowest BCUT2D eigenvalue weighted by molar-refractivity contribution is 0.0730. The average Bonchev–Trinajstić information content (AvgIpc) is 3.58. The van der Waals surface area contributed by atoms with Crippen LogP contribution in [0, 0.1) is 0 Å². The molecule has 1 amide bonds. The Kier molecular flexibility index (Phi) is 6.57. The zero-order valence-corrected chi connectivity index (χ0v) is 19.3. The molecule has 1 saturated heterocycles. The smallest absolute Gasteiger partial charge is 0.255 e. The fraction of sp³-hybridized carbons (Fsp3) is 0.350. The number of halogens is 1. The highest BCUT2D eigenvalue weighted by atomic mass is 35.5. The van der Waals surface area contributed by atoms with Gasteiger partial charge in [0.15, 0.2) is 0 Å². The number of benzene rings is 2. The molecule has 0 bridgehead atoms. The van der Waals surface area contributed by atoms with Gasteiger partial charge in [-0.05, 0) is 55.3 Å². The van der Waals surface area contributed by atoms with E-state index in [0.717, 1.165) is 12.8 Å². The highest BCUT2D eigenvalue weighted by molar-refractivity contribution is 7.89. The lowest BCUT2D eigenvalue weighted by Crippen LogP contribution is -2.40. The van der Waals surface area contributed by atoms with Gasteiger partial charge in [-0.1, -0.05) is 11.6 Å². The van der Waals surface area contributed by atoms with Gasteiger partial charge < -0.3 is 10.1 Å². The Morgan fingerprint density at radius 1 is 1.00 bits per heavy atom. The highest BCUT2D eigenvalue weighted by Gasteiger charge is 2.30. The number of morpholine rings is 1. The Labute approximate surface area is 191 Å². The van der Waals surface area contributed by atoms with Crippen molar-refractivity contribution in [3.63, 3.8) is 0 Å². The summed E-state index contributed by atoms with van der Waals surface area (Å²) in [5.41, 5.74) is 0.473. The Balaban J connectivity index is 1.50. The summed E-state index contributed by atoms with van der Waals surface area (Å²) < 4.78 is 59.4. The average molecular weight is 500 g/mol. The Hall–Kier alpha value is -2.02. The molecule has 0 atom stereocenters. The number of hydrogen-bond donors (Lipinski definition) is 2. The second-order valence-corrected chi connectivity index (χ2v) is 11.6. The lowest BCUT2D eigenvalue weighted by Gasteiger charge is -2.26. The van der Waals surface area contributed by atoms with Gasteiger partial charge in [-0.25, -0.2) is 21.6 Å². The summed E-state index contributed by atoms with van der Waals surface area (Å²) in [4.78, 5) is 12.7. The molecule has 2 aromatic rings. The van der Waals surface area contributed by atoms with E-state index in [1.54, 1.807) is 0 Å². The van der Waals surface area contributed by atoms with Crippen LogP contribution in [0.5, 0.6) is 0 Å². The van der Waals surface area contributed by atoms with Crippen LogP contribution in [0.3, 0.4) is 0 Å². The van der Waals surface area contributed by atoms with Crippen LogP contribution in [-0.4, -0.2) is 59.4 Å². The van der Waals surface area contributed by atoms with E-state index in [-0.39, 0.29) is 39.5 Å². The zero-order chi connectivity index (χ0) is 22.9. The first-order chi connectivity index (χ1) is 15.2. The van der Waals surface area contributed by atoms with Gasteiger partial charge in [-0.2, -0.15) is 4.31 Å². The second-order valence-electron chi connectivity index (χ2n) is 7.54. The van der Waals surface area contributed by atoms with Gasteiger partial charge in [-0.3, -0.25) is 4.79 Å². The van der Waals surface area contributed by atoms with Crippen LogP contribution in [0.25, 0.3) is 0 Å². The molecule has 9 nitrogen and oxygen atoms in total. The summed E-state index contributed by atoms with van der Waals surface area (Å²) in [5, 5.41) is 2.66. The molecule has 0 radical (unpaired) electrons. The molecule has 2 aliphatic rings. The molecule has 2 fully saturated rings. The molecule has 32 heavy (non-hydrogen) atoms. The van der Waals surface area contributed by atoms with E-state index in [2.05, 4.69) is 10.0 Å². The molecular weight excluding hydrogens is 478 g/mol. The lowest BCUT2D eigenvalue weighted by atomic mass is 10.2. The molecule has 172 valence electrons. The second kappa shape index (κ2) is 9.08. The highest BCUT2D eigenvalue weighted by Crippen LogP contribution is 2.27. The summed E-state index contributed by atoms with van der Waals surface area (Å²) >= 11 is 6.13. The van der Waals surface area contributed by atoms with E-state index in [4.69, 9.17) is 16.3 Å². The molecule has 2 aromatic carbocycles. The van der Waals surface area contributed by atoms with Crippen LogP contribution in [0.4, 0.5) is 5.69 Å². The molecule has 1 aliphatic heterocycles. The van der Waals surface area contributed by atoms with E-state index >= 15 is 0 Å². The topological polar surface area (TPSA) is 122 Å². The fourth-order valence-electron chi connectivity index (χ4n) is 3.18.